The molecular formula is C24H29N3O2S. The SMILES string of the molecule is CS(=O)(=O)c1cccc(-c2cc(NCCCC3CCCNC3)c3ccccc3n2)c1. The fraction of sp³-hybridized carbons (Fsp3) is 0.375. The lowest BCUT2D eigenvalue weighted by atomic mass is 9.95. The summed E-state index contributed by atoms with van der Waals surface area (Å²) in [5.74, 6) is 0.782. The number of nitrogens with one attached hydrogen (secondary N) is 2. The zero-order valence-corrected chi connectivity index (χ0v) is 18.2. The van der Waals surface area contributed by atoms with Crippen molar-refractivity contribution in [1.82, 2.24) is 10.3 Å². The first-order valence-electron chi connectivity index (χ1n) is 10.7. The van der Waals surface area contributed by atoms with Crippen LogP contribution in [0, 0.1) is 5.92 Å². The smallest absolute Gasteiger partial charge is 0.175 e. The lowest BCUT2D eigenvalue weighted by molar-refractivity contribution is 0.353. The number of hydrogen-bond donors (Lipinski definition) is 2. The van der Waals surface area contributed by atoms with E-state index in [1.165, 1.54) is 25.5 Å². The van der Waals surface area contributed by atoms with E-state index < -0.39 is 9.84 Å². The second-order valence-electron chi connectivity index (χ2n) is 8.15. The Labute approximate surface area is 178 Å². The molecule has 30 heavy (non-hydrogen) atoms. The topological polar surface area (TPSA) is 71.1 Å². The number of nitrogens with zero attached hydrogens (tertiary/aromatic N) is 1. The molecule has 6 heteroatoms. The Morgan fingerprint density at radius 3 is 2.80 bits per heavy atom. The van der Waals surface area contributed by atoms with Crippen LogP contribution < -0.4 is 10.6 Å². The number of fused-ring (bicyclic) bond motifs is 1. The molecule has 0 saturated carbocycles. The van der Waals surface area contributed by atoms with Gasteiger partial charge in [-0.3, -0.25) is 0 Å². The van der Waals surface area contributed by atoms with Gasteiger partial charge in [-0.2, -0.15) is 0 Å². The maximum absolute atomic E-state index is 12.0. The van der Waals surface area contributed by atoms with Crippen molar-refractivity contribution in [2.24, 2.45) is 5.92 Å². The number of anilines is 1. The highest BCUT2D eigenvalue weighted by Gasteiger charge is 2.13. The largest absolute Gasteiger partial charge is 0.384 e. The zero-order valence-electron chi connectivity index (χ0n) is 17.4. The van der Waals surface area contributed by atoms with Gasteiger partial charge in [-0.1, -0.05) is 30.3 Å². The van der Waals surface area contributed by atoms with E-state index in [4.69, 9.17) is 4.98 Å². The van der Waals surface area contributed by atoms with Gasteiger partial charge in [0.15, 0.2) is 9.84 Å². The highest BCUT2D eigenvalue weighted by Crippen LogP contribution is 2.29. The Morgan fingerprint density at radius 2 is 2.00 bits per heavy atom. The van der Waals surface area contributed by atoms with Crippen LogP contribution in [0.25, 0.3) is 22.2 Å². The number of aromatic nitrogens is 1. The van der Waals surface area contributed by atoms with Crippen molar-refractivity contribution in [3.63, 3.8) is 0 Å². The van der Waals surface area contributed by atoms with E-state index in [9.17, 15) is 8.42 Å². The van der Waals surface area contributed by atoms with E-state index in [0.717, 1.165) is 59.8 Å². The Balaban J connectivity index is 1.57. The van der Waals surface area contributed by atoms with Crippen LogP contribution in [0.5, 0.6) is 0 Å². The average molecular weight is 424 g/mol. The number of benzene rings is 2. The van der Waals surface area contributed by atoms with Crippen LogP contribution in [0.4, 0.5) is 5.69 Å². The molecule has 4 rings (SSSR count). The molecule has 0 bridgehead atoms. The monoisotopic (exact) mass is 423 g/mol. The van der Waals surface area contributed by atoms with Crippen LogP contribution in [0.3, 0.4) is 0 Å². The van der Waals surface area contributed by atoms with Crippen LogP contribution >= 0.6 is 0 Å². The van der Waals surface area contributed by atoms with Crippen LogP contribution in [0.15, 0.2) is 59.5 Å². The van der Waals surface area contributed by atoms with Crippen molar-refractivity contribution in [2.75, 3.05) is 31.2 Å². The highest BCUT2D eigenvalue weighted by molar-refractivity contribution is 7.90. The van der Waals surface area contributed by atoms with Crippen molar-refractivity contribution in [3.8, 4) is 11.3 Å². The number of rotatable bonds is 7. The van der Waals surface area contributed by atoms with Crippen LogP contribution in [0.2, 0.25) is 0 Å². The van der Waals surface area contributed by atoms with Crippen molar-refractivity contribution in [2.45, 2.75) is 30.6 Å². The van der Waals surface area contributed by atoms with Gasteiger partial charge in [0.25, 0.3) is 0 Å². The van der Waals surface area contributed by atoms with Crippen molar-refractivity contribution < 1.29 is 8.42 Å². The molecule has 1 aliphatic heterocycles. The van der Waals surface area contributed by atoms with Crippen LogP contribution in [-0.4, -0.2) is 39.3 Å². The molecule has 1 aliphatic rings. The van der Waals surface area contributed by atoms with Crippen molar-refractivity contribution in [1.29, 1.82) is 0 Å². The molecule has 1 atom stereocenters. The third-order valence-corrected chi connectivity index (χ3v) is 6.89. The Kier molecular flexibility index (Phi) is 6.35. The van der Waals surface area contributed by atoms with Gasteiger partial charge in [-0.25, -0.2) is 13.4 Å². The number of para-hydroxylation sites is 1. The van der Waals surface area contributed by atoms with Gasteiger partial charge in [0, 0.05) is 29.4 Å². The summed E-state index contributed by atoms with van der Waals surface area (Å²) in [5, 5.41) is 8.17. The van der Waals surface area contributed by atoms with Gasteiger partial charge in [0.2, 0.25) is 0 Å². The van der Waals surface area contributed by atoms with Gasteiger partial charge in [-0.15, -0.1) is 0 Å². The molecular weight excluding hydrogens is 394 g/mol. The summed E-state index contributed by atoms with van der Waals surface area (Å²) in [6, 6.07) is 17.1. The molecule has 0 aliphatic carbocycles. The van der Waals surface area contributed by atoms with Gasteiger partial charge in [0.1, 0.15) is 0 Å². The summed E-state index contributed by atoms with van der Waals surface area (Å²) in [5.41, 5.74) is 3.53. The first-order chi connectivity index (χ1) is 14.5. The molecule has 3 aromatic rings. The van der Waals surface area contributed by atoms with E-state index in [2.05, 4.69) is 16.7 Å². The van der Waals surface area contributed by atoms with Crippen molar-refractivity contribution >= 4 is 26.4 Å². The summed E-state index contributed by atoms with van der Waals surface area (Å²) >= 11 is 0. The fourth-order valence-corrected chi connectivity index (χ4v) is 4.81. The number of sulfone groups is 1. The maximum atomic E-state index is 12.0. The minimum Gasteiger partial charge on any atom is -0.384 e. The van der Waals surface area contributed by atoms with Crippen molar-refractivity contribution in [3.05, 3.63) is 54.6 Å². The first kappa shape index (κ1) is 20.8. The molecule has 0 spiro atoms. The van der Waals surface area contributed by atoms with Gasteiger partial charge in [0.05, 0.1) is 16.1 Å². The van der Waals surface area contributed by atoms with Crippen LogP contribution in [0.1, 0.15) is 25.7 Å². The zero-order chi connectivity index (χ0) is 21.0. The Morgan fingerprint density at radius 1 is 1.13 bits per heavy atom. The Bertz CT molecular complexity index is 1120. The van der Waals surface area contributed by atoms with E-state index in [0.29, 0.717) is 4.90 Å². The second-order valence-corrected chi connectivity index (χ2v) is 10.2. The van der Waals surface area contributed by atoms with E-state index in [1.54, 1.807) is 18.2 Å². The Hall–Kier alpha value is -2.44. The molecule has 5 nitrogen and oxygen atoms in total. The molecule has 2 heterocycles. The normalized spacial score (nSPS) is 17.2. The highest BCUT2D eigenvalue weighted by atomic mass is 32.2. The molecule has 1 fully saturated rings. The maximum Gasteiger partial charge on any atom is 0.175 e. The summed E-state index contributed by atoms with van der Waals surface area (Å²) < 4.78 is 23.9. The van der Waals surface area contributed by atoms with E-state index >= 15 is 0 Å². The molecule has 1 aromatic heterocycles. The van der Waals surface area contributed by atoms with Gasteiger partial charge in [-0.05, 0) is 69.0 Å². The molecule has 2 N–H and O–H groups in total. The lowest BCUT2D eigenvalue weighted by Gasteiger charge is -2.22. The third-order valence-electron chi connectivity index (χ3n) is 5.78. The first-order valence-corrected chi connectivity index (χ1v) is 12.5. The molecule has 1 unspecified atom stereocenters. The molecule has 2 aromatic carbocycles. The predicted molar refractivity (Wildman–Crippen MR) is 124 cm³/mol. The number of hydrogen-bond acceptors (Lipinski definition) is 5. The van der Waals surface area contributed by atoms with Gasteiger partial charge >= 0.3 is 0 Å². The summed E-state index contributed by atoms with van der Waals surface area (Å²) in [6.45, 7) is 3.20. The summed E-state index contributed by atoms with van der Waals surface area (Å²) in [6.07, 6.45) is 6.19. The third kappa shape index (κ3) is 4.99. The number of pyridine rings is 1. The summed E-state index contributed by atoms with van der Waals surface area (Å²) in [4.78, 5) is 5.10. The molecule has 1 saturated heterocycles. The summed E-state index contributed by atoms with van der Waals surface area (Å²) in [7, 11) is -3.26. The minimum atomic E-state index is -3.26. The number of piperidine rings is 1. The van der Waals surface area contributed by atoms with E-state index in [1.807, 2.05) is 30.3 Å². The average Bonchev–Trinajstić information content (AvgIpc) is 2.76. The van der Waals surface area contributed by atoms with Gasteiger partial charge < -0.3 is 10.6 Å². The quantitative estimate of drug-likeness (QED) is 0.548. The van der Waals surface area contributed by atoms with Crippen LogP contribution in [-0.2, 0) is 9.84 Å². The minimum absolute atomic E-state index is 0.311. The van der Waals surface area contributed by atoms with E-state index in [-0.39, 0.29) is 0 Å². The lowest BCUT2D eigenvalue weighted by Crippen LogP contribution is -2.29. The predicted octanol–water partition coefficient (Wildman–Crippen LogP) is 4.50. The molecule has 0 amide bonds. The molecule has 0 radical (unpaired) electrons. The fourth-order valence-electron chi connectivity index (χ4n) is 4.14. The molecule has 158 valence electrons. The standard InChI is InChI=1S/C24H29N3O2S/c1-30(28,29)20-10-4-9-19(15-20)23-16-24(21-11-2-3-12-22(21)27-23)26-14-6-8-18-7-5-13-25-17-18/h2-4,9-12,15-16,18,25H,5-8,13-14,17H2,1H3,(H,26,27). The second kappa shape index (κ2) is 9.14.